The number of halogens is 1. The van der Waals surface area contributed by atoms with Gasteiger partial charge in [0.15, 0.2) is 0 Å². The molecule has 2 atom stereocenters. The van der Waals surface area contributed by atoms with E-state index >= 15 is 0 Å². The predicted octanol–water partition coefficient (Wildman–Crippen LogP) is 1.39. The summed E-state index contributed by atoms with van der Waals surface area (Å²) < 4.78 is 13.1. The van der Waals surface area contributed by atoms with E-state index in [4.69, 9.17) is 5.11 Å². The molecule has 2 N–H and O–H groups in total. The number of nitrogens with one attached hydrogen (secondary N) is 1. The summed E-state index contributed by atoms with van der Waals surface area (Å²) in [7, 11) is 0. The average molecular weight is 306 g/mol. The zero-order chi connectivity index (χ0) is 15.7. The van der Waals surface area contributed by atoms with Crippen LogP contribution in [-0.2, 0) is 9.59 Å². The van der Waals surface area contributed by atoms with Crippen molar-refractivity contribution in [2.75, 3.05) is 25.0 Å². The molecule has 2 aliphatic rings. The molecule has 0 bridgehead atoms. The molecule has 0 aromatic heterocycles. The van der Waals surface area contributed by atoms with Gasteiger partial charge < -0.3 is 15.3 Å². The van der Waals surface area contributed by atoms with Crippen LogP contribution in [0.4, 0.5) is 10.1 Å². The molecule has 1 spiro atoms. The van der Waals surface area contributed by atoms with Gasteiger partial charge >= 0.3 is 0 Å². The zero-order valence-electron chi connectivity index (χ0n) is 12.2. The molecule has 1 aromatic rings. The number of amides is 2. The van der Waals surface area contributed by atoms with Crippen molar-refractivity contribution in [1.29, 1.82) is 0 Å². The third-order valence-corrected chi connectivity index (χ3v) is 4.66. The van der Waals surface area contributed by atoms with Gasteiger partial charge in [-0.25, -0.2) is 4.39 Å². The highest BCUT2D eigenvalue weighted by Crippen LogP contribution is 2.58. The molecule has 5 nitrogen and oxygen atoms in total. The van der Waals surface area contributed by atoms with Crippen molar-refractivity contribution in [2.24, 2.45) is 11.3 Å². The summed E-state index contributed by atoms with van der Waals surface area (Å²) in [5, 5.41) is 11.6. The number of hydrogen-bond acceptors (Lipinski definition) is 3. The first-order valence-corrected chi connectivity index (χ1v) is 7.49. The Labute approximate surface area is 128 Å². The predicted molar refractivity (Wildman–Crippen MR) is 78.5 cm³/mol. The summed E-state index contributed by atoms with van der Waals surface area (Å²) in [6.45, 7) is 1.07. The number of nitrogens with zero attached hydrogens (tertiary/aromatic N) is 1. The number of benzene rings is 1. The maximum absolute atomic E-state index is 13.1. The van der Waals surface area contributed by atoms with Crippen LogP contribution in [0, 0.1) is 17.2 Å². The molecule has 1 aliphatic heterocycles. The average Bonchev–Trinajstić information content (AvgIpc) is 3.00. The van der Waals surface area contributed by atoms with E-state index in [1.807, 2.05) is 0 Å². The summed E-state index contributed by atoms with van der Waals surface area (Å²) >= 11 is 0. The molecule has 22 heavy (non-hydrogen) atoms. The molecule has 1 aromatic carbocycles. The molecule has 3 rings (SSSR count). The fourth-order valence-electron chi connectivity index (χ4n) is 3.33. The topological polar surface area (TPSA) is 69.6 Å². The van der Waals surface area contributed by atoms with Crippen LogP contribution in [0.1, 0.15) is 19.3 Å². The molecule has 6 heteroatoms. The lowest BCUT2D eigenvalue weighted by Gasteiger charge is -2.16. The van der Waals surface area contributed by atoms with Crippen molar-refractivity contribution >= 4 is 17.5 Å². The van der Waals surface area contributed by atoms with Crippen LogP contribution in [0.25, 0.3) is 0 Å². The number of likely N-dealkylation sites (tertiary alicyclic amines) is 1. The van der Waals surface area contributed by atoms with Gasteiger partial charge in [0.05, 0.1) is 6.61 Å². The highest BCUT2D eigenvalue weighted by Gasteiger charge is 2.61. The van der Waals surface area contributed by atoms with Gasteiger partial charge in [0, 0.05) is 36.5 Å². The van der Waals surface area contributed by atoms with E-state index in [2.05, 4.69) is 5.32 Å². The van der Waals surface area contributed by atoms with E-state index in [1.54, 1.807) is 17.0 Å². The van der Waals surface area contributed by atoms with E-state index in [0.29, 0.717) is 18.8 Å². The van der Waals surface area contributed by atoms with E-state index in [1.165, 1.54) is 12.1 Å². The highest BCUT2D eigenvalue weighted by molar-refractivity contribution is 5.95. The number of carbonyl (C=O) groups excluding carboxylic acids is 2. The Balaban J connectivity index is 1.58. The van der Waals surface area contributed by atoms with E-state index in [9.17, 15) is 14.0 Å². The number of carbonyl (C=O) groups is 2. The number of hydrogen-bond donors (Lipinski definition) is 2. The molecule has 2 unspecified atom stereocenters. The van der Waals surface area contributed by atoms with Crippen molar-refractivity contribution in [1.82, 2.24) is 4.90 Å². The summed E-state index contributed by atoms with van der Waals surface area (Å²) in [6.07, 6.45) is 1.71. The lowest BCUT2D eigenvalue weighted by molar-refractivity contribution is -0.131. The Morgan fingerprint density at radius 1 is 1.45 bits per heavy atom. The first-order valence-electron chi connectivity index (χ1n) is 7.49. The van der Waals surface area contributed by atoms with Crippen LogP contribution >= 0.6 is 0 Å². The quantitative estimate of drug-likeness (QED) is 0.883. The summed E-state index contributed by atoms with van der Waals surface area (Å²) in [5.74, 6) is -0.676. The Morgan fingerprint density at radius 3 is 3.00 bits per heavy atom. The minimum absolute atomic E-state index is 0.0597. The summed E-state index contributed by atoms with van der Waals surface area (Å²) in [4.78, 5) is 25.8. The number of aliphatic hydroxyl groups excluding tert-OH is 1. The number of rotatable bonds is 4. The van der Waals surface area contributed by atoms with Crippen LogP contribution < -0.4 is 5.32 Å². The smallest absolute Gasteiger partial charge is 0.228 e. The molecular formula is C16H19FN2O3. The molecule has 2 amide bonds. The third kappa shape index (κ3) is 2.83. The van der Waals surface area contributed by atoms with Gasteiger partial charge in [-0.3, -0.25) is 9.59 Å². The van der Waals surface area contributed by atoms with Crippen molar-refractivity contribution in [3.8, 4) is 0 Å². The van der Waals surface area contributed by atoms with Gasteiger partial charge in [-0.05, 0) is 31.0 Å². The molecule has 1 saturated carbocycles. The summed E-state index contributed by atoms with van der Waals surface area (Å²) in [6, 6.07) is 5.83. The fourth-order valence-corrected chi connectivity index (χ4v) is 3.33. The molecule has 1 saturated heterocycles. The van der Waals surface area contributed by atoms with E-state index in [-0.39, 0.29) is 42.0 Å². The highest BCUT2D eigenvalue weighted by atomic mass is 19.1. The second-order valence-corrected chi connectivity index (χ2v) is 6.16. The lowest BCUT2D eigenvalue weighted by Crippen LogP contribution is -2.30. The second kappa shape index (κ2) is 5.68. The minimum atomic E-state index is -0.384. The van der Waals surface area contributed by atoms with Crippen LogP contribution in [0.15, 0.2) is 24.3 Å². The standard InChI is InChI=1S/C16H19FN2O3/c17-11-2-1-3-12(8-11)18-15(22)13-9-16(13)5-6-19(10-16)14(21)4-7-20/h1-3,8,13,20H,4-7,9-10H2,(H,18,22). The lowest BCUT2D eigenvalue weighted by atomic mass is 10.0. The molecule has 2 fully saturated rings. The van der Waals surface area contributed by atoms with Crippen molar-refractivity contribution in [2.45, 2.75) is 19.3 Å². The van der Waals surface area contributed by atoms with Crippen LogP contribution in [0.2, 0.25) is 0 Å². The maximum atomic E-state index is 13.1. The first kappa shape index (κ1) is 15.0. The van der Waals surface area contributed by atoms with Crippen LogP contribution in [0.3, 0.4) is 0 Å². The Kier molecular flexibility index (Phi) is 3.87. The van der Waals surface area contributed by atoms with E-state index in [0.717, 1.165) is 12.8 Å². The van der Waals surface area contributed by atoms with Crippen molar-refractivity contribution in [3.63, 3.8) is 0 Å². The van der Waals surface area contributed by atoms with E-state index < -0.39 is 0 Å². The molecule has 1 heterocycles. The molecule has 118 valence electrons. The van der Waals surface area contributed by atoms with Crippen molar-refractivity contribution in [3.05, 3.63) is 30.1 Å². The van der Waals surface area contributed by atoms with Crippen molar-refractivity contribution < 1.29 is 19.1 Å². The molecule has 1 aliphatic carbocycles. The Hall–Kier alpha value is -1.95. The number of aliphatic hydroxyl groups is 1. The Morgan fingerprint density at radius 2 is 2.27 bits per heavy atom. The normalized spacial score (nSPS) is 26.3. The van der Waals surface area contributed by atoms with Gasteiger partial charge in [0.1, 0.15) is 5.82 Å². The maximum Gasteiger partial charge on any atom is 0.228 e. The van der Waals surface area contributed by atoms with Crippen LogP contribution in [-0.4, -0.2) is 41.5 Å². The Bertz CT molecular complexity index is 607. The van der Waals surface area contributed by atoms with Gasteiger partial charge in [0.25, 0.3) is 0 Å². The SMILES string of the molecule is O=C(Nc1cccc(F)c1)C1CC12CCN(C(=O)CCO)C2. The molecular weight excluding hydrogens is 287 g/mol. The van der Waals surface area contributed by atoms with Gasteiger partial charge in [-0.15, -0.1) is 0 Å². The summed E-state index contributed by atoms with van der Waals surface area (Å²) in [5.41, 5.74) is 0.334. The van der Waals surface area contributed by atoms with Gasteiger partial charge in [0.2, 0.25) is 11.8 Å². The minimum Gasteiger partial charge on any atom is -0.396 e. The zero-order valence-corrected chi connectivity index (χ0v) is 12.2. The van der Waals surface area contributed by atoms with Gasteiger partial charge in [-0.2, -0.15) is 0 Å². The van der Waals surface area contributed by atoms with Crippen LogP contribution in [0.5, 0.6) is 0 Å². The monoisotopic (exact) mass is 306 g/mol. The first-order chi connectivity index (χ1) is 10.5. The molecule has 0 radical (unpaired) electrons. The fraction of sp³-hybridized carbons (Fsp3) is 0.500. The van der Waals surface area contributed by atoms with Gasteiger partial charge in [-0.1, -0.05) is 6.07 Å². The second-order valence-electron chi connectivity index (χ2n) is 6.16. The largest absolute Gasteiger partial charge is 0.396 e. The number of anilines is 1. The third-order valence-electron chi connectivity index (χ3n) is 4.66.